The SMILES string of the molecule is O=C(CSc1nc2ccccc2o1)Oc1ccc(C(=O)c2ccc(F)cc2)cc1. The van der Waals surface area contributed by atoms with Crippen LogP contribution in [0.15, 0.2) is 82.4 Å². The second kappa shape index (κ2) is 8.28. The minimum absolute atomic E-state index is 0.0308. The molecule has 0 atom stereocenters. The zero-order chi connectivity index (χ0) is 20.2. The third kappa shape index (κ3) is 4.52. The first-order valence-electron chi connectivity index (χ1n) is 8.68. The Kier molecular flexibility index (Phi) is 5.39. The van der Waals surface area contributed by atoms with E-state index in [-0.39, 0.29) is 11.5 Å². The fourth-order valence-electron chi connectivity index (χ4n) is 2.64. The monoisotopic (exact) mass is 407 g/mol. The first-order chi connectivity index (χ1) is 14.1. The number of carbonyl (C=O) groups excluding carboxylic acids is 2. The molecule has 29 heavy (non-hydrogen) atoms. The molecule has 0 fully saturated rings. The first-order valence-corrected chi connectivity index (χ1v) is 9.66. The van der Waals surface area contributed by atoms with Crippen molar-refractivity contribution in [1.29, 1.82) is 0 Å². The molecule has 0 saturated heterocycles. The van der Waals surface area contributed by atoms with Gasteiger partial charge in [-0.25, -0.2) is 9.37 Å². The third-order valence-corrected chi connectivity index (χ3v) is 4.84. The highest BCUT2D eigenvalue weighted by Crippen LogP contribution is 2.23. The molecule has 1 aromatic heterocycles. The van der Waals surface area contributed by atoms with Gasteiger partial charge in [-0.05, 0) is 60.7 Å². The van der Waals surface area contributed by atoms with E-state index in [9.17, 15) is 14.0 Å². The molecule has 0 amide bonds. The van der Waals surface area contributed by atoms with Crippen LogP contribution in [0, 0.1) is 5.82 Å². The molecular weight excluding hydrogens is 393 g/mol. The summed E-state index contributed by atoms with van der Waals surface area (Å²) in [6.07, 6.45) is 0. The average molecular weight is 407 g/mol. The summed E-state index contributed by atoms with van der Waals surface area (Å²) in [7, 11) is 0. The minimum Gasteiger partial charge on any atom is -0.431 e. The first kappa shape index (κ1) is 18.9. The highest BCUT2D eigenvalue weighted by molar-refractivity contribution is 7.99. The van der Waals surface area contributed by atoms with Gasteiger partial charge in [0.05, 0.1) is 0 Å². The van der Waals surface area contributed by atoms with E-state index in [1.165, 1.54) is 24.3 Å². The van der Waals surface area contributed by atoms with Gasteiger partial charge in [0, 0.05) is 11.1 Å². The highest BCUT2D eigenvalue weighted by Gasteiger charge is 2.12. The summed E-state index contributed by atoms with van der Waals surface area (Å²) in [5.74, 6) is -0.754. The molecule has 0 aliphatic heterocycles. The van der Waals surface area contributed by atoms with Crippen molar-refractivity contribution >= 4 is 34.6 Å². The number of carbonyl (C=O) groups is 2. The largest absolute Gasteiger partial charge is 0.431 e. The summed E-state index contributed by atoms with van der Waals surface area (Å²) in [5.41, 5.74) is 2.18. The molecule has 5 nitrogen and oxygen atoms in total. The Bertz CT molecular complexity index is 1140. The molecule has 1 heterocycles. The summed E-state index contributed by atoms with van der Waals surface area (Å²) in [6, 6.07) is 18.9. The number of para-hydroxylation sites is 2. The van der Waals surface area contributed by atoms with E-state index in [1.807, 2.05) is 18.2 Å². The summed E-state index contributed by atoms with van der Waals surface area (Å²) in [6.45, 7) is 0. The normalized spacial score (nSPS) is 10.8. The number of benzene rings is 3. The summed E-state index contributed by atoms with van der Waals surface area (Å²) >= 11 is 1.14. The molecular formula is C22H14FNO4S. The molecule has 7 heteroatoms. The number of ketones is 1. The van der Waals surface area contributed by atoms with Crippen molar-refractivity contribution in [2.24, 2.45) is 0 Å². The van der Waals surface area contributed by atoms with Gasteiger partial charge in [0.2, 0.25) is 0 Å². The number of nitrogens with zero attached hydrogens (tertiary/aromatic N) is 1. The van der Waals surface area contributed by atoms with Crippen LogP contribution in [0.4, 0.5) is 4.39 Å². The molecule has 3 aromatic carbocycles. The summed E-state index contributed by atoms with van der Waals surface area (Å²) in [4.78, 5) is 28.7. The molecule has 0 bridgehead atoms. The van der Waals surface area contributed by atoms with Crippen LogP contribution < -0.4 is 4.74 Å². The number of thioether (sulfide) groups is 1. The standard InChI is InChI=1S/C22H14FNO4S/c23-16-9-5-14(6-10-16)21(26)15-7-11-17(12-8-15)27-20(25)13-29-22-24-18-3-1-2-4-19(18)28-22/h1-12H,13H2. The molecule has 0 aliphatic rings. The predicted molar refractivity (Wildman–Crippen MR) is 107 cm³/mol. The topological polar surface area (TPSA) is 69.4 Å². The van der Waals surface area contributed by atoms with Crippen LogP contribution in [0.3, 0.4) is 0 Å². The van der Waals surface area contributed by atoms with Crippen molar-refractivity contribution in [2.75, 3.05) is 5.75 Å². The molecule has 0 saturated carbocycles. The van der Waals surface area contributed by atoms with Crippen LogP contribution in [-0.2, 0) is 4.79 Å². The quantitative estimate of drug-likeness (QED) is 0.196. The number of rotatable bonds is 6. The lowest BCUT2D eigenvalue weighted by atomic mass is 10.0. The van der Waals surface area contributed by atoms with Crippen LogP contribution in [0.25, 0.3) is 11.1 Å². The Labute approximate surface area is 169 Å². The molecule has 0 N–H and O–H groups in total. The minimum atomic E-state index is -0.463. The van der Waals surface area contributed by atoms with Gasteiger partial charge >= 0.3 is 5.97 Å². The smallest absolute Gasteiger partial charge is 0.321 e. The lowest BCUT2D eigenvalue weighted by Gasteiger charge is -2.05. The molecule has 0 aliphatic carbocycles. The maximum absolute atomic E-state index is 13.0. The Morgan fingerprint density at radius 1 is 0.931 bits per heavy atom. The van der Waals surface area contributed by atoms with Gasteiger partial charge in [0.25, 0.3) is 5.22 Å². The number of oxazole rings is 1. The van der Waals surface area contributed by atoms with Gasteiger partial charge in [-0.2, -0.15) is 0 Å². The lowest BCUT2D eigenvalue weighted by molar-refractivity contribution is -0.131. The Balaban J connectivity index is 1.34. The van der Waals surface area contributed by atoms with Crippen molar-refractivity contribution < 1.29 is 23.1 Å². The van der Waals surface area contributed by atoms with Gasteiger partial charge in [-0.1, -0.05) is 23.9 Å². The Hall–Kier alpha value is -3.45. The maximum atomic E-state index is 13.0. The van der Waals surface area contributed by atoms with Crippen LogP contribution >= 0.6 is 11.8 Å². The van der Waals surface area contributed by atoms with Crippen molar-refractivity contribution in [1.82, 2.24) is 4.98 Å². The number of hydrogen-bond donors (Lipinski definition) is 0. The second-order valence-corrected chi connectivity index (χ2v) is 7.00. The van der Waals surface area contributed by atoms with Crippen LogP contribution in [-0.4, -0.2) is 22.5 Å². The van der Waals surface area contributed by atoms with Gasteiger partial charge in [0.1, 0.15) is 22.8 Å². The second-order valence-electron chi connectivity index (χ2n) is 6.07. The average Bonchev–Trinajstić information content (AvgIpc) is 3.16. The van der Waals surface area contributed by atoms with E-state index in [2.05, 4.69) is 4.98 Å². The predicted octanol–water partition coefficient (Wildman–Crippen LogP) is 4.90. The fraction of sp³-hybridized carbons (Fsp3) is 0.0455. The van der Waals surface area contributed by atoms with Gasteiger partial charge in [0.15, 0.2) is 11.4 Å². The van der Waals surface area contributed by atoms with Gasteiger partial charge in [-0.15, -0.1) is 0 Å². The number of halogens is 1. The van der Waals surface area contributed by atoms with E-state index in [1.54, 1.807) is 30.3 Å². The third-order valence-electron chi connectivity index (χ3n) is 4.04. The number of aromatic nitrogens is 1. The molecule has 0 unspecified atom stereocenters. The Morgan fingerprint density at radius 2 is 1.59 bits per heavy atom. The Morgan fingerprint density at radius 3 is 2.28 bits per heavy atom. The van der Waals surface area contributed by atoms with E-state index in [0.717, 1.165) is 17.3 Å². The summed E-state index contributed by atoms with van der Waals surface area (Å²) < 4.78 is 23.8. The van der Waals surface area contributed by atoms with E-state index >= 15 is 0 Å². The zero-order valence-electron chi connectivity index (χ0n) is 15.0. The van der Waals surface area contributed by atoms with E-state index < -0.39 is 11.8 Å². The number of hydrogen-bond acceptors (Lipinski definition) is 6. The number of fused-ring (bicyclic) bond motifs is 1. The van der Waals surface area contributed by atoms with Crippen LogP contribution in [0.2, 0.25) is 0 Å². The molecule has 0 spiro atoms. The molecule has 4 aromatic rings. The number of esters is 1. The lowest BCUT2D eigenvalue weighted by Crippen LogP contribution is -2.11. The number of ether oxygens (including phenoxy) is 1. The molecule has 144 valence electrons. The van der Waals surface area contributed by atoms with E-state index in [4.69, 9.17) is 9.15 Å². The zero-order valence-corrected chi connectivity index (χ0v) is 15.8. The van der Waals surface area contributed by atoms with E-state index in [0.29, 0.717) is 27.7 Å². The highest BCUT2D eigenvalue weighted by atomic mass is 32.2. The van der Waals surface area contributed by atoms with Gasteiger partial charge < -0.3 is 9.15 Å². The van der Waals surface area contributed by atoms with Gasteiger partial charge in [-0.3, -0.25) is 9.59 Å². The van der Waals surface area contributed by atoms with Crippen molar-refractivity contribution in [2.45, 2.75) is 5.22 Å². The summed E-state index contributed by atoms with van der Waals surface area (Å²) in [5, 5.41) is 0.392. The van der Waals surface area contributed by atoms with Crippen molar-refractivity contribution in [3.63, 3.8) is 0 Å². The fourth-order valence-corrected chi connectivity index (χ4v) is 3.25. The maximum Gasteiger partial charge on any atom is 0.321 e. The molecule has 0 radical (unpaired) electrons. The molecule has 4 rings (SSSR count). The van der Waals surface area contributed by atoms with Crippen LogP contribution in [0.1, 0.15) is 15.9 Å². The van der Waals surface area contributed by atoms with Crippen LogP contribution in [0.5, 0.6) is 5.75 Å². The van der Waals surface area contributed by atoms with Crippen molar-refractivity contribution in [3.8, 4) is 5.75 Å². The van der Waals surface area contributed by atoms with Crippen molar-refractivity contribution in [3.05, 3.63) is 89.7 Å².